The van der Waals surface area contributed by atoms with Crippen molar-refractivity contribution in [1.82, 2.24) is 10.2 Å². The summed E-state index contributed by atoms with van der Waals surface area (Å²) in [5.74, 6) is 0.135. The van der Waals surface area contributed by atoms with Crippen LogP contribution in [0.1, 0.15) is 51.0 Å². The zero-order chi connectivity index (χ0) is 18.4. The molecule has 5 heteroatoms. The van der Waals surface area contributed by atoms with Crippen LogP contribution >= 0.6 is 0 Å². The summed E-state index contributed by atoms with van der Waals surface area (Å²) < 4.78 is 0. The van der Waals surface area contributed by atoms with Crippen LogP contribution in [0.2, 0.25) is 0 Å². The van der Waals surface area contributed by atoms with E-state index >= 15 is 0 Å². The molecular formula is C21H31N3O2. The van der Waals surface area contributed by atoms with E-state index in [0.717, 1.165) is 45.4 Å². The van der Waals surface area contributed by atoms with Crippen molar-refractivity contribution in [3.8, 4) is 0 Å². The number of anilines is 1. The number of carbonyl (C=O) groups is 2. The highest BCUT2D eigenvalue weighted by Crippen LogP contribution is 2.22. The van der Waals surface area contributed by atoms with Gasteiger partial charge in [-0.1, -0.05) is 38.0 Å². The van der Waals surface area contributed by atoms with E-state index in [9.17, 15) is 9.59 Å². The molecule has 0 bridgehead atoms. The third-order valence-electron chi connectivity index (χ3n) is 5.63. The molecule has 26 heavy (non-hydrogen) atoms. The van der Waals surface area contributed by atoms with Gasteiger partial charge in [0.25, 0.3) is 0 Å². The Morgan fingerprint density at radius 2 is 1.73 bits per heavy atom. The average molecular weight is 357 g/mol. The SMILES string of the molecule is CCc1ccccc1N1CCN(C(=O)CCC(=O)NC2CCCC2)CC1. The fourth-order valence-electron chi connectivity index (χ4n) is 4.06. The van der Waals surface area contributed by atoms with Crippen LogP contribution in [0.3, 0.4) is 0 Å². The van der Waals surface area contributed by atoms with Crippen molar-refractivity contribution in [3.63, 3.8) is 0 Å². The highest BCUT2D eigenvalue weighted by atomic mass is 16.2. The topological polar surface area (TPSA) is 52.7 Å². The molecule has 2 amide bonds. The van der Waals surface area contributed by atoms with E-state index in [2.05, 4.69) is 41.4 Å². The number of para-hydroxylation sites is 1. The van der Waals surface area contributed by atoms with Gasteiger partial charge in [-0.2, -0.15) is 0 Å². The van der Waals surface area contributed by atoms with E-state index in [0.29, 0.717) is 18.9 Å². The number of piperazine rings is 1. The van der Waals surface area contributed by atoms with Crippen LogP contribution in [0.25, 0.3) is 0 Å². The van der Waals surface area contributed by atoms with Crippen LogP contribution in [0.5, 0.6) is 0 Å². The third kappa shape index (κ3) is 4.77. The summed E-state index contributed by atoms with van der Waals surface area (Å²) in [6.45, 7) is 5.37. The Hall–Kier alpha value is -2.04. The predicted molar refractivity (Wildman–Crippen MR) is 104 cm³/mol. The van der Waals surface area contributed by atoms with Crippen molar-refractivity contribution in [2.75, 3.05) is 31.1 Å². The number of nitrogens with one attached hydrogen (secondary N) is 1. The van der Waals surface area contributed by atoms with E-state index < -0.39 is 0 Å². The number of aryl methyl sites for hydroxylation is 1. The first-order valence-corrected chi connectivity index (χ1v) is 10.1. The van der Waals surface area contributed by atoms with Crippen LogP contribution in [0.4, 0.5) is 5.69 Å². The number of hydrogen-bond donors (Lipinski definition) is 1. The zero-order valence-corrected chi connectivity index (χ0v) is 15.9. The van der Waals surface area contributed by atoms with E-state index in [-0.39, 0.29) is 11.8 Å². The first-order chi connectivity index (χ1) is 12.7. The standard InChI is InChI=1S/C21H31N3O2/c1-2-17-7-3-6-10-19(17)23-13-15-24(16-14-23)21(26)12-11-20(25)22-18-8-4-5-9-18/h3,6-7,10,18H,2,4-5,8-9,11-16H2,1H3,(H,22,25). The highest BCUT2D eigenvalue weighted by Gasteiger charge is 2.23. The van der Waals surface area contributed by atoms with Crippen LogP contribution in [-0.2, 0) is 16.0 Å². The second-order valence-electron chi connectivity index (χ2n) is 7.40. The molecular weight excluding hydrogens is 326 g/mol. The molecule has 3 rings (SSSR count). The molecule has 1 heterocycles. The van der Waals surface area contributed by atoms with E-state index in [1.165, 1.54) is 24.1 Å². The van der Waals surface area contributed by atoms with Gasteiger partial charge in [-0.05, 0) is 30.9 Å². The molecule has 1 N–H and O–H groups in total. The summed E-state index contributed by atoms with van der Waals surface area (Å²) in [5, 5.41) is 3.06. The second-order valence-corrected chi connectivity index (χ2v) is 7.40. The van der Waals surface area contributed by atoms with Gasteiger partial charge in [-0.25, -0.2) is 0 Å². The molecule has 0 spiro atoms. The lowest BCUT2D eigenvalue weighted by atomic mass is 10.1. The minimum Gasteiger partial charge on any atom is -0.368 e. The average Bonchev–Trinajstić information content (AvgIpc) is 3.19. The maximum Gasteiger partial charge on any atom is 0.223 e. The summed E-state index contributed by atoms with van der Waals surface area (Å²) in [7, 11) is 0. The highest BCUT2D eigenvalue weighted by molar-refractivity contribution is 5.84. The van der Waals surface area contributed by atoms with E-state index in [4.69, 9.17) is 0 Å². The van der Waals surface area contributed by atoms with Gasteiger partial charge in [0.1, 0.15) is 0 Å². The Balaban J connectivity index is 1.42. The summed E-state index contributed by atoms with van der Waals surface area (Å²) >= 11 is 0. The van der Waals surface area contributed by atoms with E-state index in [1.54, 1.807) is 0 Å². The Morgan fingerprint density at radius 3 is 2.42 bits per heavy atom. The molecule has 0 radical (unpaired) electrons. The first-order valence-electron chi connectivity index (χ1n) is 10.1. The zero-order valence-electron chi connectivity index (χ0n) is 15.9. The number of amides is 2. The molecule has 0 atom stereocenters. The van der Waals surface area contributed by atoms with Crippen LogP contribution in [0, 0.1) is 0 Å². The molecule has 5 nitrogen and oxygen atoms in total. The van der Waals surface area contributed by atoms with Crippen LogP contribution in [0.15, 0.2) is 24.3 Å². The fraction of sp³-hybridized carbons (Fsp3) is 0.619. The van der Waals surface area contributed by atoms with Gasteiger partial charge in [-0.3, -0.25) is 9.59 Å². The molecule has 0 unspecified atom stereocenters. The molecule has 1 saturated heterocycles. The lowest BCUT2D eigenvalue weighted by molar-refractivity contribution is -0.134. The Labute approximate surface area is 156 Å². The van der Waals surface area contributed by atoms with Gasteiger partial charge in [0.2, 0.25) is 11.8 Å². The van der Waals surface area contributed by atoms with Crippen LogP contribution in [-0.4, -0.2) is 48.9 Å². The second kappa shape index (κ2) is 9.06. The number of hydrogen-bond acceptors (Lipinski definition) is 3. The van der Waals surface area contributed by atoms with Gasteiger partial charge in [0.15, 0.2) is 0 Å². The van der Waals surface area contributed by atoms with Gasteiger partial charge in [-0.15, -0.1) is 0 Å². The van der Waals surface area contributed by atoms with Gasteiger partial charge >= 0.3 is 0 Å². The minimum atomic E-state index is 0.0285. The van der Waals surface area contributed by atoms with Gasteiger partial charge in [0, 0.05) is 50.7 Å². The molecule has 2 fully saturated rings. The molecule has 1 aromatic carbocycles. The fourth-order valence-corrected chi connectivity index (χ4v) is 4.06. The molecule has 2 aliphatic rings. The normalized spacial score (nSPS) is 18.2. The van der Waals surface area contributed by atoms with Crippen molar-refractivity contribution in [3.05, 3.63) is 29.8 Å². The lowest BCUT2D eigenvalue weighted by Crippen LogP contribution is -2.49. The predicted octanol–water partition coefficient (Wildman–Crippen LogP) is 2.74. The molecule has 1 aliphatic carbocycles. The quantitative estimate of drug-likeness (QED) is 0.852. The first kappa shape index (κ1) is 18.7. The minimum absolute atomic E-state index is 0.0285. The summed E-state index contributed by atoms with van der Waals surface area (Å²) in [5.41, 5.74) is 2.65. The molecule has 1 aromatic rings. The molecule has 0 aromatic heterocycles. The number of rotatable bonds is 6. The van der Waals surface area contributed by atoms with Crippen molar-refractivity contribution in [2.45, 2.75) is 57.9 Å². The van der Waals surface area contributed by atoms with Gasteiger partial charge < -0.3 is 15.1 Å². The summed E-state index contributed by atoms with van der Waals surface area (Å²) in [6, 6.07) is 8.84. The Bertz CT molecular complexity index is 617. The third-order valence-corrected chi connectivity index (χ3v) is 5.63. The van der Waals surface area contributed by atoms with E-state index in [1.807, 2.05) is 4.90 Å². The largest absolute Gasteiger partial charge is 0.368 e. The maximum atomic E-state index is 12.4. The van der Waals surface area contributed by atoms with Gasteiger partial charge in [0.05, 0.1) is 0 Å². The number of nitrogens with zero attached hydrogens (tertiary/aromatic N) is 2. The molecule has 1 saturated carbocycles. The van der Waals surface area contributed by atoms with Crippen LogP contribution < -0.4 is 10.2 Å². The van der Waals surface area contributed by atoms with Crippen molar-refractivity contribution < 1.29 is 9.59 Å². The monoisotopic (exact) mass is 357 g/mol. The molecule has 142 valence electrons. The Morgan fingerprint density at radius 1 is 1.04 bits per heavy atom. The number of benzene rings is 1. The van der Waals surface area contributed by atoms with Crippen molar-refractivity contribution in [1.29, 1.82) is 0 Å². The number of carbonyl (C=O) groups excluding carboxylic acids is 2. The lowest BCUT2D eigenvalue weighted by Gasteiger charge is -2.37. The summed E-state index contributed by atoms with van der Waals surface area (Å²) in [4.78, 5) is 28.7. The summed E-state index contributed by atoms with van der Waals surface area (Å²) in [6.07, 6.45) is 6.23. The smallest absolute Gasteiger partial charge is 0.223 e. The maximum absolute atomic E-state index is 12.4. The molecule has 1 aliphatic heterocycles. The van der Waals surface area contributed by atoms with Crippen molar-refractivity contribution >= 4 is 17.5 Å². The van der Waals surface area contributed by atoms with Crippen molar-refractivity contribution in [2.24, 2.45) is 0 Å². The Kier molecular flexibility index (Phi) is 6.53.